The van der Waals surface area contributed by atoms with Crippen LogP contribution in [0.1, 0.15) is 46.0 Å². The minimum absolute atomic E-state index is 0.0800. The Bertz CT molecular complexity index is 828. The van der Waals surface area contributed by atoms with Gasteiger partial charge >= 0.3 is 0 Å². The summed E-state index contributed by atoms with van der Waals surface area (Å²) in [7, 11) is 0. The Morgan fingerprint density at radius 2 is 2.08 bits per heavy atom. The van der Waals surface area contributed by atoms with Gasteiger partial charge in [-0.15, -0.1) is 0 Å². The van der Waals surface area contributed by atoms with Crippen molar-refractivity contribution in [3.05, 3.63) is 58.3 Å². The summed E-state index contributed by atoms with van der Waals surface area (Å²) in [6.07, 6.45) is 0.608. The van der Waals surface area contributed by atoms with E-state index in [4.69, 9.17) is 4.42 Å². The van der Waals surface area contributed by atoms with Crippen molar-refractivity contribution in [2.45, 2.75) is 33.2 Å². The first-order chi connectivity index (χ1) is 11.9. The van der Waals surface area contributed by atoms with Crippen LogP contribution in [0.25, 0.3) is 0 Å². The first-order valence-corrected chi connectivity index (χ1v) is 8.30. The van der Waals surface area contributed by atoms with Crippen molar-refractivity contribution < 1.29 is 18.4 Å². The Morgan fingerprint density at radius 3 is 2.76 bits per heavy atom. The van der Waals surface area contributed by atoms with E-state index in [1.165, 1.54) is 12.1 Å². The predicted octanol–water partition coefficient (Wildman–Crippen LogP) is 2.91. The molecule has 3 rings (SSSR count). The van der Waals surface area contributed by atoms with Gasteiger partial charge in [-0.2, -0.15) is 0 Å². The zero-order chi connectivity index (χ0) is 18.1. The van der Waals surface area contributed by atoms with Crippen LogP contribution in [0.15, 0.2) is 28.7 Å². The summed E-state index contributed by atoms with van der Waals surface area (Å²) in [5.74, 6) is 0.444. The highest BCUT2D eigenvalue weighted by molar-refractivity contribution is 5.97. The lowest BCUT2D eigenvalue weighted by Crippen LogP contribution is -2.44. The summed E-state index contributed by atoms with van der Waals surface area (Å²) in [5, 5.41) is 2.65. The molecule has 0 fully saturated rings. The maximum atomic E-state index is 13.3. The number of hydrogen-bond donors (Lipinski definition) is 1. The van der Waals surface area contributed by atoms with Gasteiger partial charge in [0, 0.05) is 6.54 Å². The van der Waals surface area contributed by atoms with Crippen LogP contribution in [-0.2, 0) is 11.2 Å². The van der Waals surface area contributed by atoms with E-state index < -0.39 is 0 Å². The standard InChI is InChI=1S/C19H21FN2O3/c1-11-8-17(13(3)25-11)19(24)21-10-18(23)22-7-6-14-9-15(20)4-5-16(14)12(22)2/h4-5,8-9,12H,6-7,10H2,1-3H3,(H,21,24). The smallest absolute Gasteiger partial charge is 0.255 e. The third kappa shape index (κ3) is 3.43. The molecule has 0 saturated carbocycles. The van der Waals surface area contributed by atoms with Crippen molar-refractivity contribution in [2.75, 3.05) is 13.1 Å². The van der Waals surface area contributed by atoms with Gasteiger partial charge in [-0.25, -0.2) is 4.39 Å². The largest absolute Gasteiger partial charge is 0.466 e. The normalized spacial score (nSPS) is 16.5. The molecule has 1 aliphatic rings. The molecule has 1 aliphatic heterocycles. The third-order valence-corrected chi connectivity index (χ3v) is 4.65. The van der Waals surface area contributed by atoms with Gasteiger partial charge in [0.25, 0.3) is 5.91 Å². The van der Waals surface area contributed by atoms with Crippen LogP contribution in [0.4, 0.5) is 4.39 Å². The van der Waals surface area contributed by atoms with Crippen molar-refractivity contribution in [1.82, 2.24) is 10.2 Å². The first kappa shape index (κ1) is 17.2. The zero-order valence-corrected chi connectivity index (χ0v) is 14.6. The van der Waals surface area contributed by atoms with Crippen LogP contribution in [0.5, 0.6) is 0 Å². The molecule has 1 aromatic heterocycles. The highest BCUT2D eigenvalue weighted by Gasteiger charge is 2.28. The van der Waals surface area contributed by atoms with Crippen molar-refractivity contribution in [2.24, 2.45) is 0 Å². The van der Waals surface area contributed by atoms with Gasteiger partial charge in [0.05, 0.1) is 18.2 Å². The van der Waals surface area contributed by atoms with Gasteiger partial charge in [-0.3, -0.25) is 9.59 Å². The second-order valence-corrected chi connectivity index (χ2v) is 6.37. The van der Waals surface area contributed by atoms with E-state index in [2.05, 4.69) is 5.32 Å². The van der Waals surface area contributed by atoms with E-state index in [1.54, 1.807) is 30.9 Å². The van der Waals surface area contributed by atoms with Crippen LogP contribution in [0.3, 0.4) is 0 Å². The molecule has 1 aromatic carbocycles. The molecule has 1 unspecified atom stereocenters. The molecule has 0 saturated heterocycles. The van der Waals surface area contributed by atoms with Crippen molar-refractivity contribution in [3.63, 3.8) is 0 Å². The fraction of sp³-hybridized carbons (Fsp3) is 0.368. The summed E-state index contributed by atoms with van der Waals surface area (Å²) < 4.78 is 18.7. The number of carbonyl (C=O) groups excluding carboxylic acids is 2. The number of hydrogen-bond acceptors (Lipinski definition) is 3. The third-order valence-electron chi connectivity index (χ3n) is 4.65. The molecule has 1 atom stereocenters. The Balaban J connectivity index is 1.65. The van der Waals surface area contributed by atoms with Crippen LogP contribution in [0, 0.1) is 19.7 Å². The van der Waals surface area contributed by atoms with E-state index >= 15 is 0 Å². The van der Waals surface area contributed by atoms with Gasteiger partial charge in [0.2, 0.25) is 5.91 Å². The summed E-state index contributed by atoms with van der Waals surface area (Å²) in [6.45, 7) is 5.83. The number of nitrogens with zero attached hydrogens (tertiary/aromatic N) is 1. The van der Waals surface area contributed by atoms with Crippen LogP contribution < -0.4 is 5.32 Å². The number of halogens is 1. The number of nitrogens with one attached hydrogen (secondary N) is 1. The molecular formula is C19H21FN2O3. The van der Waals surface area contributed by atoms with Gasteiger partial charge in [-0.1, -0.05) is 6.07 Å². The van der Waals surface area contributed by atoms with Gasteiger partial charge in [0.15, 0.2) is 0 Å². The van der Waals surface area contributed by atoms with Crippen molar-refractivity contribution in [1.29, 1.82) is 0 Å². The summed E-state index contributed by atoms with van der Waals surface area (Å²) >= 11 is 0. The quantitative estimate of drug-likeness (QED) is 0.931. The second-order valence-electron chi connectivity index (χ2n) is 6.37. The molecular weight excluding hydrogens is 323 g/mol. The average Bonchev–Trinajstić information content (AvgIpc) is 2.91. The molecule has 132 valence electrons. The molecule has 0 aliphatic carbocycles. The van der Waals surface area contributed by atoms with Crippen LogP contribution >= 0.6 is 0 Å². The van der Waals surface area contributed by atoms with Crippen LogP contribution in [-0.4, -0.2) is 29.8 Å². The number of benzene rings is 1. The van der Waals surface area contributed by atoms with Crippen LogP contribution in [0.2, 0.25) is 0 Å². The Hall–Kier alpha value is -2.63. The number of fused-ring (bicyclic) bond motifs is 1. The highest BCUT2D eigenvalue weighted by atomic mass is 19.1. The fourth-order valence-electron chi connectivity index (χ4n) is 3.35. The topological polar surface area (TPSA) is 62.6 Å². The first-order valence-electron chi connectivity index (χ1n) is 8.30. The van der Waals surface area contributed by atoms with E-state index in [1.807, 2.05) is 6.92 Å². The fourth-order valence-corrected chi connectivity index (χ4v) is 3.35. The Kier molecular flexibility index (Phi) is 4.61. The molecule has 2 aromatic rings. The molecule has 2 heterocycles. The monoisotopic (exact) mass is 344 g/mol. The summed E-state index contributed by atoms with van der Waals surface area (Å²) in [4.78, 5) is 26.4. The second kappa shape index (κ2) is 6.70. The molecule has 2 amide bonds. The lowest BCUT2D eigenvalue weighted by molar-refractivity contribution is -0.132. The number of aryl methyl sites for hydroxylation is 2. The number of carbonyl (C=O) groups is 2. The van der Waals surface area contributed by atoms with Gasteiger partial charge < -0.3 is 14.6 Å². The number of furan rings is 1. The van der Waals surface area contributed by atoms with E-state index in [0.717, 1.165) is 11.1 Å². The molecule has 1 N–H and O–H groups in total. The average molecular weight is 344 g/mol. The SMILES string of the molecule is Cc1cc(C(=O)NCC(=O)N2CCc3cc(F)ccc3C2C)c(C)o1. The molecule has 0 spiro atoms. The Morgan fingerprint density at radius 1 is 1.32 bits per heavy atom. The van der Waals surface area contributed by atoms with Gasteiger partial charge in [-0.05, 0) is 56.5 Å². The maximum absolute atomic E-state index is 13.3. The number of rotatable bonds is 3. The lowest BCUT2D eigenvalue weighted by atomic mass is 9.93. The van der Waals surface area contributed by atoms with E-state index in [9.17, 15) is 14.0 Å². The number of amides is 2. The van der Waals surface area contributed by atoms with E-state index in [0.29, 0.717) is 30.0 Å². The molecule has 0 radical (unpaired) electrons. The predicted molar refractivity (Wildman–Crippen MR) is 90.7 cm³/mol. The Labute approximate surface area is 145 Å². The molecule has 25 heavy (non-hydrogen) atoms. The van der Waals surface area contributed by atoms with Crippen molar-refractivity contribution in [3.8, 4) is 0 Å². The van der Waals surface area contributed by atoms with Crippen molar-refractivity contribution >= 4 is 11.8 Å². The summed E-state index contributed by atoms with van der Waals surface area (Å²) in [6, 6.07) is 6.18. The minimum Gasteiger partial charge on any atom is -0.466 e. The molecule has 0 bridgehead atoms. The highest BCUT2D eigenvalue weighted by Crippen LogP contribution is 2.29. The lowest BCUT2D eigenvalue weighted by Gasteiger charge is -2.35. The zero-order valence-electron chi connectivity index (χ0n) is 14.6. The molecule has 6 heteroatoms. The summed E-state index contributed by atoms with van der Waals surface area (Å²) in [5.41, 5.74) is 2.33. The minimum atomic E-state index is -0.324. The maximum Gasteiger partial charge on any atom is 0.255 e. The van der Waals surface area contributed by atoms with Gasteiger partial charge in [0.1, 0.15) is 17.3 Å². The molecule has 5 nitrogen and oxygen atoms in total. The van der Waals surface area contributed by atoms with E-state index in [-0.39, 0.29) is 30.2 Å².